The van der Waals surface area contributed by atoms with Crippen molar-refractivity contribution in [3.8, 4) is 34.4 Å². The quantitative estimate of drug-likeness (QED) is 0.296. The first-order chi connectivity index (χ1) is 15.9. The summed E-state index contributed by atoms with van der Waals surface area (Å²) in [6, 6.07) is 14.3. The lowest BCUT2D eigenvalue weighted by Gasteiger charge is -2.13. The van der Waals surface area contributed by atoms with Gasteiger partial charge < -0.3 is 23.9 Å². The number of fused-ring (bicyclic) bond motifs is 1. The number of benzene rings is 3. The zero-order valence-electron chi connectivity index (χ0n) is 18.7. The first-order valence-electron chi connectivity index (χ1n) is 10.1. The number of hydrogen-bond donors (Lipinski definition) is 1. The average Bonchev–Trinajstić information content (AvgIpc) is 3.25. The van der Waals surface area contributed by atoms with Crippen LogP contribution in [0.4, 0.5) is 5.69 Å². The summed E-state index contributed by atoms with van der Waals surface area (Å²) in [6.07, 6.45) is 0. The van der Waals surface area contributed by atoms with Crippen LogP contribution in [0.25, 0.3) is 22.4 Å². The Kier molecular flexibility index (Phi) is 6.03. The minimum atomic E-state index is -0.492. The van der Waals surface area contributed by atoms with E-state index >= 15 is 0 Å². The molecule has 0 amide bonds. The Morgan fingerprint density at radius 3 is 2.33 bits per heavy atom. The maximum atomic E-state index is 11.9. The van der Waals surface area contributed by atoms with Crippen LogP contribution >= 0.6 is 0 Å². The van der Waals surface area contributed by atoms with Crippen LogP contribution in [0.15, 0.2) is 48.5 Å². The number of aromatic amines is 1. The summed E-state index contributed by atoms with van der Waals surface area (Å²) in [5, 5.41) is 11.9. The molecule has 0 aliphatic carbocycles. The van der Waals surface area contributed by atoms with Crippen LogP contribution < -0.4 is 18.9 Å². The van der Waals surface area contributed by atoms with Gasteiger partial charge in [-0.05, 0) is 24.1 Å². The maximum absolute atomic E-state index is 11.9. The van der Waals surface area contributed by atoms with E-state index in [9.17, 15) is 10.1 Å². The van der Waals surface area contributed by atoms with E-state index in [1.165, 1.54) is 13.2 Å². The van der Waals surface area contributed by atoms with E-state index in [4.69, 9.17) is 18.9 Å². The molecule has 1 heterocycles. The van der Waals surface area contributed by atoms with E-state index in [0.717, 1.165) is 11.1 Å². The number of rotatable bonds is 8. The Balaban J connectivity index is 1.76. The summed E-state index contributed by atoms with van der Waals surface area (Å²) in [5.74, 6) is 1.82. The topological polar surface area (TPSA) is 109 Å². The smallest absolute Gasteiger partial charge is 0.315 e. The molecule has 4 aromatic rings. The van der Waals surface area contributed by atoms with Crippen LogP contribution in [-0.4, -0.2) is 36.2 Å². The fourth-order valence-electron chi connectivity index (χ4n) is 3.55. The first kappa shape index (κ1) is 21.9. The second-order valence-electron chi connectivity index (χ2n) is 7.31. The Labute approximate surface area is 190 Å². The number of hydrogen-bond acceptors (Lipinski definition) is 7. The molecule has 1 N–H and O–H groups in total. The molecule has 0 saturated carbocycles. The molecule has 9 nitrogen and oxygen atoms in total. The summed E-state index contributed by atoms with van der Waals surface area (Å²) in [5.41, 5.74) is 3.56. The molecule has 9 heteroatoms. The number of methoxy groups -OCH3 is 3. The molecule has 0 saturated heterocycles. The number of aryl methyl sites for hydroxylation is 1. The summed E-state index contributed by atoms with van der Waals surface area (Å²) in [7, 11) is 4.53. The van der Waals surface area contributed by atoms with Crippen molar-refractivity contribution in [3.05, 3.63) is 69.8 Å². The molecule has 0 aliphatic heterocycles. The van der Waals surface area contributed by atoms with Gasteiger partial charge in [-0.1, -0.05) is 24.3 Å². The van der Waals surface area contributed by atoms with Crippen molar-refractivity contribution in [1.29, 1.82) is 0 Å². The highest BCUT2D eigenvalue weighted by molar-refractivity contribution is 5.84. The van der Waals surface area contributed by atoms with Crippen LogP contribution in [0.1, 0.15) is 11.1 Å². The minimum Gasteiger partial charge on any atom is -0.493 e. The van der Waals surface area contributed by atoms with E-state index in [1.54, 1.807) is 32.4 Å². The summed E-state index contributed by atoms with van der Waals surface area (Å²) in [4.78, 5) is 19.1. The van der Waals surface area contributed by atoms with Crippen LogP contribution in [0.5, 0.6) is 23.0 Å². The van der Waals surface area contributed by atoms with E-state index in [1.807, 2.05) is 31.2 Å². The normalized spacial score (nSPS) is 10.8. The highest BCUT2D eigenvalue weighted by Crippen LogP contribution is 2.42. The molecule has 0 atom stereocenters. The van der Waals surface area contributed by atoms with Crippen molar-refractivity contribution >= 4 is 16.7 Å². The zero-order valence-corrected chi connectivity index (χ0v) is 18.7. The third kappa shape index (κ3) is 4.25. The Bertz CT molecular complexity index is 1290. The fraction of sp³-hybridized carbons (Fsp3) is 0.208. The zero-order chi connectivity index (χ0) is 23.5. The molecule has 33 heavy (non-hydrogen) atoms. The number of nitro groups is 1. The fourth-order valence-corrected chi connectivity index (χ4v) is 3.55. The number of H-pyrrole nitrogens is 1. The molecule has 0 fully saturated rings. The third-order valence-corrected chi connectivity index (χ3v) is 5.35. The van der Waals surface area contributed by atoms with Gasteiger partial charge in [0.2, 0.25) is 5.75 Å². The lowest BCUT2D eigenvalue weighted by atomic mass is 10.1. The molecular weight excluding hydrogens is 426 g/mol. The van der Waals surface area contributed by atoms with Gasteiger partial charge in [0.25, 0.3) is 0 Å². The molecule has 0 bridgehead atoms. The Morgan fingerprint density at radius 1 is 0.970 bits per heavy atom. The number of imidazole rings is 1. The number of nitro benzene ring substituents is 1. The molecule has 1 aromatic heterocycles. The highest BCUT2D eigenvalue weighted by Gasteiger charge is 2.24. The average molecular weight is 449 g/mol. The van der Waals surface area contributed by atoms with Crippen LogP contribution in [0.2, 0.25) is 0 Å². The van der Waals surface area contributed by atoms with Crippen LogP contribution in [-0.2, 0) is 6.61 Å². The van der Waals surface area contributed by atoms with Gasteiger partial charge in [0.05, 0.1) is 37.3 Å². The van der Waals surface area contributed by atoms with Gasteiger partial charge in [-0.3, -0.25) is 10.1 Å². The van der Waals surface area contributed by atoms with Crippen LogP contribution in [0.3, 0.4) is 0 Å². The summed E-state index contributed by atoms with van der Waals surface area (Å²) >= 11 is 0. The molecule has 0 unspecified atom stereocenters. The second kappa shape index (κ2) is 9.07. The molecular formula is C24H23N3O6. The predicted octanol–water partition coefficient (Wildman–Crippen LogP) is 5.05. The molecule has 0 aliphatic rings. The molecule has 0 spiro atoms. The van der Waals surface area contributed by atoms with Gasteiger partial charge >= 0.3 is 5.69 Å². The van der Waals surface area contributed by atoms with E-state index < -0.39 is 4.92 Å². The molecule has 3 aromatic carbocycles. The monoisotopic (exact) mass is 449 g/mol. The van der Waals surface area contributed by atoms with Crippen molar-refractivity contribution in [2.45, 2.75) is 13.5 Å². The maximum Gasteiger partial charge on any atom is 0.315 e. The van der Waals surface area contributed by atoms with Crippen molar-refractivity contribution < 1.29 is 23.9 Å². The highest BCUT2D eigenvalue weighted by atomic mass is 16.6. The SMILES string of the molecule is COc1cc2nc(-c3cc(OC)c(OCc4ccccc4C)c([N+](=O)[O-])c3)[nH]c2cc1OC. The number of nitrogens with zero attached hydrogens (tertiary/aromatic N) is 2. The summed E-state index contributed by atoms with van der Waals surface area (Å²) in [6.45, 7) is 2.13. The third-order valence-electron chi connectivity index (χ3n) is 5.35. The number of nitrogens with one attached hydrogen (secondary N) is 1. The Morgan fingerprint density at radius 2 is 1.67 bits per heavy atom. The lowest BCUT2D eigenvalue weighted by molar-refractivity contribution is -0.386. The molecule has 4 rings (SSSR count). The lowest BCUT2D eigenvalue weighted by Crippen LogP contribution is -2.03. The van der Waals surface area contributed by atoms with E-state index in [2.05, 4.69) is 9.97 Å². The van der Waals surface area contributed by atoms with E-state index in [0.29, 0.717) is 33.9 Å². The van der Waals surface area contributed by atoms with Gasteiger partial charge in [-0.25, -0.2) is 4.98 Å². The van der Waals surface area contributed by atoms with E-state index in [-0.39, 0.29) is 23.8 Å². The van der Waals surface area contributed by atoms with Crippen molar-refractivity contribution in [1.82, 2.24) is 9.97 Å². The van der Waals surface area contributed by atoms with Crippen molar-refractivity contribution in [2.24, 2.45) is 0 Å². The largest absolute Gasteiger partial charge is 0.493 e. The van der Waals surface area contributed by atoms with Gasteiger partial charge in [0.1, 0.15) is 12.4 Å². The predicted molar refractivity (Wildman–Crippen MR) is 123 cm³/mol. The molecule has 0 radical (unpaired) electrons. The second-order valence-corrected chi connectivity index (χ2v) is 7.31. The van der Waals surface area contributed by atoms with Gasteiger partial charge in [0, 0.05) is 23.8 Å². The standard InChI is InChI=1S/C24H23N3O6/c1-14-7-5-6-8-15(14)13-33-23-19(27(28)29)9-16(10-22(23)32-4)24-25-17-11-20(30-2)21(31-3)12-18(17)26-24/h5-12H,13H2,1-4H3,(H,25,26). The Hall–Kier alpha value is -4.27. The minimum absolute atomic E-state index is 0.0638. The number of ether oxygens (including phenoxy) is 4. The van der Waals surface area contributed by atoms with Gasteiger partial charge in [-0.2, -0.15) is 0 Å². The summed E-state index contributed by atoms with van der Waals surface area (Å²) < 4.78 is 22.0. The van der Waals surface area contributed by atoms with Crippen LogP contribution in [0, 0.1) is 17.0 Å². The van der Waals surface area contributed by atoms with Crippen molar-refractivity contribution in [3.63, 3.8) is 0 Å². The van der Waals surface area contributed by atoms with Crippen molar-refractivity contribution in [2.75, 3.05) is 21.3 Å². The first-order valence-corrected chi connectivity index (χ1v) is 10.1. The van der Waals surface area contributed by atoms with Gasteiger partial charge in [0.15, 0.2) is 17.2 Å². The number of aromatic nitrogens is 2. The molecule has 170 valence electrons. The van der Waals surface area contributed by atoms with Gasteiger partial charge in [-0.15, -0.1) is 0 Å².